The van der Waals surface area contributed by atoms with Crippen LogP contribution in [-0.2, 0) is 19.1 Å². The molecule has 0 radical (unpaired) electrons. The van der Waals surface area contributed by atoms with Gasteiger partial charge in [-0.05, 0) is 62.7 Å². The van der Waals surface area contributed by atoms with E-state index in [4.69, 9.17) is 14.9 Å². The van der Waals surface area contributed by atoms with Gasteiger partial charge < -0.3 is 14.9 Å². The van der Waals surface area contributed by atoms with Crippen LogP contribution in [-0.4, -0.2) is 34.7 Å². The second-order valence-electron chi connectivity index (χ2n) is 9.40. The molecule has 0 spiro atoms. The van der Waals surface area contributed by atoms with Crippen molar-refractivity contribution < 1.29 is 29.3 Å². The van der Waals surface area contributed by atoms with Crippen molar-refractivity contribution in [2.24, 2.45) is 17.8 Å². The van der Waals surface area contributed by atoms with Gasteiger partial charge in [0.25, 0.3) is 0 Å². The molecule has 0 aliphatic heterocycles. The molecule has 1 aliphatic carbocycles. The first-order valence-electron chi connectivity index (χ1n) is 12.5. The number of rotatable bonds is 18. The van der Waals surface area contributed by atoms with Crippen molar-refractivity contribution in [3.05, 3.63) is 0 Å². The van der Waals surface area contributed by atoms with Crippen LogP contribution in [0.25, 0.3) is 0 Å². The number of aliphatic carboxylic acids is 2. The number of carboxylic acids is 2. The maximum atomic E-state index is 12.1. The van der Waals surface area contributed by atoms with Crippen LogP contribution in [0.15, 0.2) is 0 Å². The van der Waals surface area contributed by atoms with E-state index in [1.54, 1.807) is 0 Å². The smallest absolute Gasteiger partial charge is 0.305 e. The number of carbonyl (C=O) groups is 3. The predicted molar refractivity (Wildman–Crippen MR) is 121 cm³/mol. The minimum absolute atomic E-state index is 0.141. The van der Waals surface area contributed by atoms with E-state index >= 15 is 0 Å². The van der Waals surface area contributed by atoms with Gasteiger partial charge in [-0.1, -0.05) is 51.9 Å². The van der Waals surface area contributed by atoms with Crippen molar-refractivity contribution in [3.63, 3.8) is 0 Å². The lowest BCUT2D eigenvalue weighted by molar-refractivity contribution is -0.144. The first kappa shape index (κ1) is 27.4. The molecule has 180 valence electrons. The van der Waals surface area contributed by atoms with E-state index in [0.717, 1.165) is 38.5 Å². The molecule has 0 aromatic carbocycles. The zero-order valence-electron chi connectivity index (χ0n) is 19.5. The lowest BCUT2D eigenvalue weighted by atomic mass is 9.71. The number of hydrogen-bond donors (Lipinski definition) is 2. The molecule has 0 heterocycles. The topological polar surface area (TPSA) is 101 Å². The molecule has 0 aromatic rings. The van der Waals surface area contributed by atoms with Crippen molar-refractivity contribution in [1.29, 1.82) is 0 Å². The lowest BCUT2D eigenvalue weighted by Crippen LogP contribution is -2.25. The van der Waals surface area contributed by atoms with Gasteiger partial charge in [0.15, 0.2) is 0 Å². The SMILES string of the molecule is CCCCCCCCCCOC(=O)CCC1CC(CCC(=O)O)CC(CCC(=O)O)C1. The molecule has 1 fully saturated rings. The molecule has 2 atom stereocenters. The normalized spacial score (nSPS) is 21.0. The molecule has 0 saturated heterocycles. The van der Waals surface area contributed by atoms with Crippen molar-refractivity contribution >= 4 is 17.9 Å². The quantitative estimate of drug-likeness (QED) is 0.194. The van der Waals surface area contributed by atoms with Crippen LogP contribution >= 0.6 is 0 Å². The van der Waals surface area contributed by atoms with E-state index in [1.807, 2.05) is 0 Å². The Labute approximate surface area is 188 Å². The van der Waals surface area contributed by atoms with E-state index in [2.05, 4.69) is 6.92 Å². The summed E-state index contributed by atoms with van der Waals surface area (Å²) in [6, 6.07) is 0. The van der Waals surface area contributed by atoms with Crippen LogP contribution in [0.2, 0.25) is 0 Å². The van der Waals surface area contributed by atoms with Crippen LogP contribution < -0.4 is 0 Å². The summed E-state index contributed by atoms with van der Waals surface area (Å²) in [6.07, 6.45) is 15.2. The van der Waals surface area contributed by atoms with Crippen LogP contribution in [0.3, 0.4) is 0 Å². The number of hydrogen-bond acceptors (Lipinski definition) is 4. The summed E-state index contributed by atoms with van der Waals surface area (Å²) in [6.45, 7) is 2.72. The highest BCUT2D eigenvalue weighted by molar-refractivity contribution is 5.69. The molecule has 2 unspecified atom stereocenters. The van der Waals surface area contributed by atoms with Gasteiger partial charge in [0.1, 0.15) is 0 Å². The Bertz CT molecular complexity index is 492. The highest BCUT2D eigenvalue weighted by Crippen LogP contribution is 2.39. The van der Waals surface area contributed by atoms with Gasteiger partial charge in [0.2, 0.25) is 0 Å². The summed E-state index contributed by atoms with van der Waals surface area (Å²) < 4.78 is 5.40. The summed E-state index contributed by atoms with van der Waals surface area (Å²) in [5, 5.41) is 17.9. The molecule has 6 nitrogen and oxygen atoms in total. The maximum absolute atomic E-state index is 12.1. The second kappa shape index (κ2) is 17.0. The molecule has 0 amide bonds. The Kier molecular flexibility index (Phi) is 15.1. The number of carbonyl (C=O) groups excluding carboxylic acids is 1. The predicted octanol–water partition coefficient (Wildman–Crippen LogP) is 6.21. The molecule has 31 heavy (non-hydrogen) atoms. The first-order chi connectivity index (χ1) is 14.9. The minimum atomic E-state index is -0.784. The van der Waals surface area contributed by atoms with Gasteiger partial charge >= 0.3 is 17.9 Å². The molecule has 1 rings (SSSR count). The molecule has 1 saturated carbocycles. The summed E-state index contributed by atoms with van der Waals surface area (Å²) in [4.78, 5) is 34.0. The highest BCUT2D eigenvalue weighted by Gasteiger charge is 2.29. The van der Waals surface area contributed by atoms with Gasteiger partial charge in [-0.2, -0.15) is 0 Å². The minimum Gasteiger partial charge on any atom is -0.481 e. The average Bonchev–Trinajstić information content (AvgIpc) is 2.73. The second-order valence-corrected chi connectivity index (χ2v) is 9.40. The van der Waals surface area contributed by atoms with E-state index in [-0.39, 0.29) is 18.8 Å². The van der Waals surface area contributed by atoms with Crippen molar-refractivity contribution in [2.45, 2.75) is 116 Å². The van der Waals surface area contributed by atoms with Crippen molar-refractivity contribution in [3.8, 4) is 0 Å². The van der Waals surface area contributed by atoms with Gasteiger partial charge in [-0.3, -0.25) is 14.4 Å². The molecule has 1 aliphatic rings. The van der Waals surface area contributed by atoms with Gasteiger partial charge in [0, 0.05) is 19.3 Å². The number of esters is 1. The molecule has 0 aromatic heterocycles. The molecular weight excluding hydrogens is 396 g/mol. The number of ether oxygens (including phenoxy) is 1. The molecular formula is C25H44O6. The number of unbranched alkanes of at least 4 members (excludes halogenated alkanes) is 7. The largest absolute Gasteiger partial charge is 0.481 e. The number of carboxylic acid groups (broad SMARTS) is 2. The molecule has 0 bridgehead atoms. The fourth-order valence-electron chi connectivity index (χ4n) is 4.88. The maximum Gasteiger partial charge on any atom is 0.305 e. The lowest BCUT2D eigenvalue weighted by Gasteiger charge is -2.35. The van der Waals surface area contributed by atoms with Gasteiger partial charge in [0.05, 0.1) is 6.61 Å². The zero-order valence-corrected chi connectivity index (χ0v) is 19.5. The van der Waals surface area contributed by atoms with Gasteiger partial charge in [-0.25, -0.2) is 0 Å². The van der Waals surface area contributed by atoms with Crippen LogP contribution in [0, 0.1) is 17.8 Å². The first-order valence-corrected chi connectivity index (χ1v) is 12.5. The van der Waals surface area contributed by atoms with Crippen LogP contribution in [0.1, 0.15) is 116 Å². The summed E-state index contributed by atoms with van der Waals surface area (Å²) in [5.74, 6) is -0.744. The fourth-order valence-corrected chi connectivity index (χ4v) is 4.88. The highest BCUT2D eigenvalue weighted by atomic mass is 16.5. The van der Waals surface area contributed by atoms with E-state index in [0.29, 0.717) is 43.6 Å². The van der Waals surface area contributed by atoms with Crippen LogP contribution in [0.4, 0.5) is 0 Å². The Balaban J connectivity index is 2.24. The van der Waals surface area contributed by atoms with E-state index in [9.17, 15) is 14.4 Å². The third-order valence-corrected chi connectivity index (χ3v) is 6.55. The van der Waals surface area contributed by atoms with E-state index < -0.39 is 11.9 Å². The Morgan fingerprint density at radius 1 is 0.677 bits per heavy atom. The fraction of sp³-hybridized carbons (Fsp3) is 0.880. The van der Waals surface area contributed by atoms with E-state index in [1.165, 1.54) is 38.5 Å². The third-order valence-electron chi connectivity index (χ3n) is 6.55. The van der Waals surface area contributed by atoms with Crippen molar-refractivity contribution in [2.75, 3.05) is 6.61 Å². The summed E-state index contributed by atoms with van der Waals surface area (Å²) in [5.41, 5.74) is 0. The molecule has 2 N–H and O–H groups in total. The Morgan fingerprint density at radius 2 is 1.10 bits per heavy atom. The molecule has 6 heteroatoms. The van der Waals surface area contributed by atoms with Crippen molar-refractivity contribution in [1.82, 2.24) is 0 Å². The van der Waals surface area contributed by atoms with Crippen LogP contribution in [0.5, 0.6) is 0 Å². The third kappa shape index (κ3) is 14.9. The van der Waals surface area contributed by atoms with Gasteiger partial charge in [-0.15, -0.1) is 0 Å². The standard InChI is InChI=1S/C25H44O6/c1-2-3-4-5-6-7-8-9-16-31-25(30)15-12-22-18-20(10-13-23(26)27)17-21(19-22)11-14-24(28)29/h20-22H,2-19H2,1H3,(H,26,27)(H,28,29). The Morgan fingerprint density at radius 3 is 1.55 bits per heavy atom. The summed E-state index contributed by atoms with van der Waals surface area (Å²) in [7, 11) is 0. The summed E-state index contributed by atoms with van der Waals surface area (Å²) >= 11 is 0. The zero-order chi connectivity index (χ0) is 22.9. The average molecular weight is 441 g/mol. The monoisotopic (exact) mass is 440 g/mol. The Hall–Kier alpha value is -1.59.